The SMILES string of the molecule is CCS(=O)(=O)N(C)CCCNC(=NC)NCC1(CCOC)CCC1.I. The zero-order valence-electron chi connectivity index (χ0n) is 16.0. The van der Waals surface area contributed by atoms with Crippen molar-refractivity contribution in [1.29, 1.82) is 0 Å². The number of rotatable bonds is 11. The fourth-order valence-corrected chi connectivity index (χ4v) is 3.72. The number of aliphatic imine (C=N–C) groups is 1. The van der Waals surface area contributed by atoms with Gasteiger partial charge in [0.2, 0.25) is 10.0 Å². The van der Waals surface area contributed by atoms with Gasteiger partial charge in [0.1, 0.15) is 0 Å². The largest absolute Gasteiger partial charge is 0.385 e. The smallest absolute Gasteiger partial charge is 0.213 e. The highest BCUT2D eigenvalue weighted by atomic mass is 127. The molecule has 0 radical (unpaired) electrons. The Morgan fingerprint density at radius 3 is 2.48 bits per heavy atom. The molecular weight excluding hydrogens is 455 g/mol. The monoisotopic (exact) mass is 490 g/mol. The van der Waals surface area contributed by atoms with Crippen molar-refractivity contribution >= 4 is 40.0 Å². The van der Waals surface area contributed by atoms with E-state index < -0.39 is 10.0 Å². The summed E-state index contributed by atoms with van der Waals surface area (Å²) >= 11 is 0. The van der Waals surface area contributed by atoms with Crippen LogP contribution in [0.4, 0.5) is 0 Å². The van der Waals surface area contributed by atoms with E-state index in [0.29, 0.717) is 18.5 Å². The van der Waals surface area contributed by atoms with Gasteiger partial charge in [-0.3, -0.25) is 4.99 Å². The third-order valence-corrected chi connectivity index (χ3v) is 6.75. The van der Waals surface area contributed by atoms with Crippen LogP contribution < -0.4 is 10.6 Å². The summed E-state index contributed by atoms with van der Waals surface area (Å²) in [6.07, 6.45) is 5.58. The van der Waals surface area contributed by atoms with Gasteiger partial charge in [0.15, 0.2) is 5.96 Å². The Morgan fingerprint density at radius 2 is 2.00 bits per heavy atom. The van der Waals surface area contributed by atoms with E-state index in [1.165, 1.54) is 23.6 Å². The van der Waals surface area contributed by atoms with E-state index in [9.17, 15) is 8.42 Å². The zero-order chi connectivity index (χ0) is 18.1. The van der Waals surface area contributed by atoms with Crippen LogP contribution in [0, 0.1) is 5.41 Å². The summed E-state index contributed by atoms with van der Waals surface area (Å²) in [5.74, 6) is 0.920. The number of hydrogen-bond donors (Lipinski definition) is 2. The lowest BCUT2D eigenvalue weighted by Gasteiger charge is -2.42. The van der Waals surface area contributed by atoms with Crippen molar-refractivity contribution in [3.8, 4) is 0 Å². The van der Waals surface area contributed by atoms with Crippen LogP contribution in [0.15, 0.2) is 4.99 Å². The first-order valence-corrected chi connectivity index (χ1v) is 10.4. The van der Waals surface area contributed by atoms with Crippen molar-refractivity contribution in [2.24, 2.45) is 10.4 Å². The Hall–Kier alpha value is -0.130. The number of ether oxygens (including phenoxy) is 1. The van der Waals surface area contributed by atoms with Gasteiger partial charge in [0, 0.05) is 47.4 Å². The maximum atomic E-state index is 11.7. The van der Waals surface area contributed by atoms with Gasteiger partial charge in [-0.25, -0.2) is 12.7 Å². The van der Waals surface area contributed by atoms with Gasteiger partial charge in [-0.2, -0.15) is 0 Å². The zero-order valence-corrected chi connectivity index (χ0v) is 19.2. The lowest BCUT2D eigenvalue weighted by atomic mass is 9.67. The lowest BCUT2D eigenvalue weighted by Crippen LogP contribution is -2.47. The Balaban J connectivity index is 0.00000576. The lowest BCUT2D eigenvalue weighted by molar-refractivity contribution is 0.0732. The second-order valence-corrected chi connectivity index (χ2v) is 8.89. The van der Waals surface area contributed by atoms with Gasteiger partial charge in [-0.05, 0) is 38.0 Å². The molecule has 0 aromatic carbocycles. The number of hydrogen-bond acceptors (Lipinski definition) is 4. The van der Waals surface area contributed by atoms with Crippen LogP contribution in [-0.4, -0.2) is 71.9 Å². The van der Waals surface area contributed by atoms with Gasteiger partial charge in [0.05, 0.1) is 5.75 Å². The molecule has 1 fully saturated rings. The van der Waals surface area contributed by atoms with Crippen molar-refractivity contribution in [2.45, 2.75) is 39.0 Å². The van der Waals surface area contributed by atoms with Crippen LogP contribution in [0.3, 0.4) is 0 Å². The minimum Gasteiger partial charge on any atom is -0.385 e. The Labute approximate surface area is 170 Å². The highest BCUT2D eigenvalue weighted by Crippen LogP contribution is 2.43. The summed E-state index contributed by atoms with van der Waals surface area (Å²) in [4.78, 5) is 4.24. The van der Waals surface area contributed by atoms with E-state index in [4.69, 9.17) is 4.74 Å². The fraction of sp³-hybridized carbons (Fsp3) is 0.938. The predicted octanol–water partition coefficient (Wildman–Crippen LogP) is 1.65. The molecule has 150 valence electrons. The fourth-order valence-electron chi connectivity index (χ4n) is 2.87. The Morgan fingerprint density at radius 1 is 1.32 bits per heavy atom. The highest BCUT2D eigenvalue weighted by Gasteiger charge is 2.36. The molecule has 1 aliphatic carbocycles. The first-order chi connectivity index (χ1) is 11.4. The maximum Gasteiger partial charge on any atom is 0.213 e. The van der Waals surface area contributed by atoms with Crippen LogP contribution in [-0.2, 0) is 14.8 Å². The maximum absolute atomic E-state index is 11.7. The van der Waals surface area contributed by atoms with Crippen molar-refractivity contribution in [1.82, 2.24) is 14.9 Å². The second kappa shape index (κ2) is 12.3. The third-order valence-electron chi connectivity index (χ3n) is 4.89. The molecule has 0 unspecified atom stereocenters. The standard InChI is InChI=1S/C16H34N4O3S.HI/c1-5-24(21,22)20(3)12-7-11-18-15(17-2)19-14-16(8-6-9-16)10-13-23-4;/h5-14H2,1-4H3,(H2,17,18,19);1H. The quantitative estimate of drug-likeness (QED) is 0.199. The minimum absolute atomic E-state index is 0. The van der Waals surface area contributed by atoms with Gasteiger partial charge >= 0.3 is 0 Å². The molecule has 0 saturated heterocycles. The molecule has 0 amide bonds. The molecule has 1 rings (SSSR count). The molecule has 0 atom stereocenters. The molecule has 0 spiro atoms. The summed E-state index contributed by atoms with van der Waals surface area (Å²) in [6, 6.07) is 0. The topological polar surface area (TPSA) is 83.0 Å². The molecule has 0 aromatic rings. The first kappa shape index (κ1) is 24.9. The summed E-state index contributed by atoms with van der Waals surface area (Å²) in [5.41, 5.74) is 0.336. The van der Waals surface area contributed by atoms with E-state index in [1.807, 2.05) is 0 Å². The first-order valence-electron chi connectivity index (χ1n) is 8.76. The van der Waals surface area contributed by atoms with E-state index in [1.54, 1.807) is 28.1 Å². The molecule has 0 bridgehead atoms. The Kier molecular flexibility index (Phi) is 12.2. The molecule has 9 heteroatoms. The number of nitrogens with one attached hydrogen (secondary N) is 2. The second-order valence-electron chi connectivity index (χ2n) is 6.52. The molecule has 7 nitrogen and oxygen atoms in total. The van der Waals surface area contributed by atoms with Gasteiger partial charge in [-0.1, -0.05) is 6.42 Å². The average molecular weight is 490 g/mol. The summed E-state index contributed by atoms with van der Waals surface area (Å²) in [5, 5.41) is 6.66. The Bertz CT molecular complexity index is 496. The van der Waals surface area contributed by atoms with Crippen LogP contribution in [0.25, 0.3) is 0 Å². The average Bonchev–Trinajstić information content (AvgIpc) is 2.54. The van der Waals surface area contributed by atoms with Crippen molar-refractivity contribution in [3.63, 3.8) is 0 Å². The number of nitrogens with zero attached hydrogens (tertiary/aromatic N) is 2. The molecule has 2 N–H and O–H groups in total. The highest BCUT2D eigenvalue weighted by molar-refractivity contribution is 14.0. The van der Waals surface area contributed by atoms with E-state index in [-0.39, 0.29) is 29.7 Å². The normalized spacial score (nSPS) is 16.9. The molecule has 0 aromatic heterocycles. The van der Waals surface area contributed by atoms with Crippen molar-refractivity contribution in [3.05, 3.63) is 0 Å². The third kappa shape index (κ3) is 8.40. The summed E-state index contributed by atoms with van der Waals surface area (Å²) in [6.45, 7) is 4.56. The van der Waals surface area contributed by atoms with Crippen LogP contribution in [0.5, 0.6) is 0 Å². The van der Waals surface area contributed by atoms with Gasteiger partial charge in [-0.15, -0.1) is 24.0 Å². The predicted molar refractivity (Wildman–Crippen MR) is 114 cm³/mol. The van der Waals surface area contributed by atoms with Crippen LogP contribution >= 0.6 is 24.0 Å². The van der Waals surface area contributed by atoms with Crippen LogP contribution in [0.1, 0.15) is 39.0 Å². The molecule has 0 aliphatic heterocycles. The van der Waals surface area contributed by atoms with Crippen LogP contribution in [0.2, 0.25) is 0 Å². The molecular formula is C16H35IN4O3S. The number of guanidine groups is 1. The number of halogens is 1. The van der Waals surface area contributed by atoms with Gasteiger partial charge < -0.3 is 15.4 Å². The molecule has 25 heavy (non-hydrogen) atoms. The minimum atomic E-state index is -3.09. The van der Waals surface area contributed by atoms with Gasteiger partial charge in [0.25, 0.3) is 0 Å². The van der Waals surface area contributed by atoms with E-state index in [0.717, 1.165) is 32.0 Å². The van der Waals surface area contributed by atoms with E-state index in [2.05, 4.69) is 15.6 Å². The summed E-state index contributed by atoms with van der Waals surface area (Å²) < 4.78 is 30.0. The summed E-state index contributed by atoms with van der Waals surface area (Å²) in [7, 11) is 2.04. The van der Waals surface area contributed by atoms with Crippen molar-refractivity contribution in [2.75, 3.05) is 53.2 Å². The van der Waals surface area contributed by atoms with Crippen molar-refractivity contribution < 1.29 is 13.2 Å². The number of methoxy groups -OCH3 is 1. The molecule has 0 heterocycles. The molecule has 1 aliphatic rings. The van der Waals surface area contributed by atoms with E-state index >= 15 is 0 Å². The number of sulfonamides is 1. The molecule has 1 saturated carbocycles.